The summed E-state index contributed by atoms with van der Waals surface area (Å²) in [5.74, 6) is -0.323. The highest BCUT2D eigenvalue weighted by atomic mass is 19.1. The standard InChI is InChI=1S/C20H16FN3O3/c1-22-16-11-24(14-4-3-5-15(25)10-14)18(12-6-8-13(21)9-7-12)17(16)19(26)23(2)20(22)27/h3-11,25H,1-2H3. The lowest BCUT2D eigenvalue weighted by Crippen LogP contribution is -2.36. The number of benzene rings is 2. The maximum Gasteiger partial charge on any atom is 0.330 e. The molecular weight excluding hydrogens is 349 g/mol. The molecule has 0 radical (unpaired) electrons. The van der Waals surface area contributed by atoms with Gasteiger partial charge in [0.25, 0.3) is 5.56 Å². The summed E-state index contributed by atoms with van der Waals surface area (Å²) in [4.78, 5) is 25.2. The topological polar surface area (TPSA) is 69.2 Å². The number of aromatic nitrogens is 3. The van der Waals surface area contributed by atoms with Crippen LogP contribution < -0.4 is 11.2 Å². The van der Waals surface area contributed by atoms with Crippen molar-refractivity contribution < 1.29 is 9.50 Å². The van der Waals surface area contributed by atoms with Crippen molar-refractivity contribution in [2.75, 3.05) is 0 Å². The van der Waals surface area contributed by atoms with E-state index in [0.717, 1.165) is 4.57 Å². The highest BCUT2D eigenvalue weighted by molar-refractivity contribution is 5.94. The second kappa shape index (κ2) is 5.98. The van der Waals surface area contributed by atoms with Gasteiger partial charge in [-0.3, -0.25) is 13.9 Å². The molecule has 136 valence electrons. The minimum absolute atomic E-state index is 0.0668. The summed E-state index contributed by atoms with van der Waals surface area (Å²) < 4.78 is 17.6. The molecule has 6 nitrogen and oxygen atoms in total. The van der Waals surface area contributed by atoms with Crippen LogP contribution >= 0.6 is 0 Å². The quantitative estimate of drug-likeness (QED) is 0.594. The molecule has 7 heteroatoms. The van der Waals surface area contributed by atoms with E-state index in [-0.39, 0.29) is 11.6 Å². The van der Waals surface area contributed by atoms with Crippen LogP contribution in [0.25, 0.3) is 27.8 Å². The molecule has 0 aliphatic rings. The number of phenolic OH excluding ortho intramolecular Hbond substituents is 1. The van der Waals surface area contributed by atoms with Crippen molar-refractivity contribution in [2.45, 2.75) is 0 Å². The van der Waals surface area contributed by atoms with Gasteiger partial charge in [-0.15, -0.1) is 0 Å². The Morgan fingerprint density at radius 2 is 1.67 bits per heavy atom. The summed E-state index contributed by atoms with van der Waals surface area (Å²) in [6.45, 7) is 0. The molecule has 0 spiro atoms. The summed E-state index contributed by atoms with van der Waals surface area (Å²) in [6.07, 6.45) is 1.67. The zero-order valence-electron chi connectivity index (χ0n) is 14.7. The summed E-state index contributed by atoms with van der Waals surface area (Å²) >= 11 is 0. The molecule has 2 aromatic heterocycles. The minimum Gasteiger partial charge on any atom is -0.508 e. The van der Waals surface area contributed by atoms with Crippen molar-refractivity contribution in [3.05, 3.63) is 81.4 Å². The summed E-state index contributed by atoms with van der Waals surface area (Å²) in [6, 6.07) is 12.3. The molecule has 0 amide bonds. The minimum atomic E-state index is -0.439. The van der Waals surface area contributed by atoms with Gasteiger partial charge in [-0.25, -0.2) is 9.18 Å². The molecule has 0 aliphatic carbocycles. The normalized spacial score (nSPS) is 11.2. The second-order valence-corrected chi connectivity index (χ2v) is 6.34. The van der Waals surface area contributed by atoms with Crippen molar-refractivity contribution >= 4 is 10.9 Å². The van der Waals surface area contributed by atoms with Crippen molar-refractivity contribution in [1.29, 1.82) is 0 Å². The van der Waals surface area contributed by atoms with Crippen molar-refractivity contribution in [3.63, 3.8) is 0 Å². The maximum atomic E-state index is 13.4. The lowest BCUT2D eigenvalue weighted by Gasteiger charge is -2.10. The van der Waals surface area contributed by atoms with E-state index in [2.05, 4.69) is 0 Å². The Hall–Kier alpha value is -3.61. The fourth-order valence-electron chi connectivity index (χ4n) is 3.28. The van der Waals surface area contributed by atoms with E-state index in [1.807, 2.05) is 0 Å². The lowest BCUT2D eigenvalue weighted by molar-refractivity contribution is 0.475. The third-order valence-electron chi connectivity index (χ3n) is 4.66. The number of fused-ring (bicyclic) bond motifs is 1. The molecule has 0 aliphatic heterocycles. The number of rotatable bonds is 2. The van der Waals surface area contributed by atoms with Crippen LogP contribution in [0.5, 0.6) is 5.75 Å². The predicted molar refractivity (Wildman–Crippen MR) is 101 cm³/mol. The van der Waals surface area contributed by atoms with Gasteiger partial charge in [0.2, 0.25) is 0 Å². The maximum absolute atomic E-state index is 13.4. The van der Waals surface area contributed by atoms with Crippen LogP contribution in [-0.2, 0) is 14.1 Å². The molecule has 0 unspecified atom stereocenters. The van der Waals surface area contributed by atoms with Gasteiger partial charge in [0.1, 0.15) is 11.6 Å². The molecule has 2 aromatic carbocycles. The Morgan fingerprint density at radius 3 is 2.33 bits per heavy atom. The Bertz CT molecular complexity index is 1300. The monoisotopic (exact) mass is 365 g/mol. The van der Waals surface area contributed by atoms with E-state index in [9.17, 15) is 19.1 Å². The van der Waals surface area contributed by atoms with E-state index < -0.39 is 11.2 Å². The van der Waals surface area contributed by atoms with Gasteiger partial charge in [-0.05, 0) is 42.0 Å². The number of hydrogen-bond acceptors (Lipinski definition) is 3. The average molecular weight is 365 g/mol. The zero-order chi connectivity index (χ0) is 19.3. The van der Waals surface area contributed by atoms with Gasteiger partial charge in [-0.2, -0.15) is 0 Å². The second-order valence-electron chi connectivity index (χ2n) is 6.34. The van der Waals surface area contributed by atoms with E-state index in [4.69, 9.17) is 0 Å². The van der Waals surface area contributed by atoms with Crippen LogP contribution in [-0.4, -0.2) is 18.8 Å². The molecule has 1 N–H and O–H groups in total. The number of aromatic hydroxyl groups is 1. The molecule has 2 heterocycles. The zero-order valence-corrected chi connectivity index (χ0v) is 14.7. The number of hydrogen-bond donors (Lipinski definition) is 1. The van der Waals surface area contributed by atoms with E-state index in [0.29, 0.717) is 27.8 Å². The molecule has 27 heavy (non-hydrogen) atoms. The molecule has 0 saturated carbocycles. The van der Waals surface area contributed by atoms with Gasteiger partial charge in [-0.1, -0.05) is 6.07 Å². The summed E-state index contributed by atoms with van der Waals surface area (Å²) in [5, 5.41) is 10.2. The Labute approximate surface area is 153 Å². The predicted octanol–water partition coefficient (Wildman–Crippen LogP) is 2.54. The number of nitrogens with zero attached hydrogens (tertiary/aromatic N) is 3. The van der Waals surface area contributed by atoms with Crippen molar-refractivity contribution in [2.24, 2.45) is 14.1 Å². The number of phenols is 1. The first kappa shape index (κ1) is 16.8. The fraction of sp³-hybridized carbons (Fsp3) is 0.100. The summed E-state index contributed by atoms with van der Waals surface area (Å²) in [5.41, 5.74) is 1.32. The number of aryl methyl sites for hydroxylation is 1. The highest BCUT2D eigenvalue weighted by Crippen LogP contribution is 2.31. The molecule has 0 saturated heterocycles. The molecule has 4 rings (SSSR count). The van der Waals surface area contributed by atoms with Gasteiger partial charge in [0, 0.05) is 32.0 Å². The molecular formula is C20H16FN3O3. The molecule has 0 bridgehead atoms. The first-order chi connectivity index (χ1) is 12.9. The van der Waals surface area contributed by atoms with Crippen LogP contribution in [0.4, 0.5) is 4.39 Å². The van der Waals surface area contributed by atoms with Gasteiger partial charge in [0.05, 0.1) is 16.6 Å². The first-order valence-electron chi connectivity index (χ1n) is 8.25. The first-order valence-corrected chi connectivity index (χ1v) is 8.25. The van der Waals surface area contributed by atoms with Crippen molar-refractivity contribution in [1.82, 2.24) is 13.7 Å². The van der Waals surface area contributed by atoms with Crippen LogP contribution in [0, 0.1) is 5.82 Å². The number of halogens is 1. The van der Waals surface area contributed by atoms with E-state index in [1.165, 1.54) is 23.7 Å². The largest absolute Gasteiger partial charge is 0.508 e. The van der Waals surface area contributed by atoms with Gasteiger partial charge in [0.15, 0.2) is 0 Å². The van der Waals surface area contributed by atoms with E-state index >= 15 is 0 Å². The third kappa shape index (κ3) is 2.55. The highest BCUT2D eigenvalue weighted by Gasteiger charge is 2.20. The molecule has 0 atom stereocenters. The van der Waals surface area contributed by atoms with Crippen LogP contribution in [0.3, 0.4) is 0 Å². The van der Waals surface area contributed by atoms with Gasteiger partial charge < -0.3 is 9.67 Å². The lowest BCUT2D eigenvalue weighted by atomic mass is 10.1. The third-order valence-corrected chi connectivity index (χ3v) is 4.66. The van der Waals surface area contributed by atoms with Crippen LogP contribution in [0.2, 0.25) is 0 Å². The van der Waals surface area contributed by atoms with Gasteiger partial charge >= 0.3 is 5.69 Å². The van der Waals surface area contributed by atoms with Crippen molar-refractivity contribution in [3.8, 4) is 22.7 Å². The smallest absolute Gasteiger partial charge is 0.330 e. The molecule has 0 fully saturated rings. The Kier molecular flexibility index (Phi) is 3.73. The Balaban J connectivity index is 2.21. The summed E-state index contributed by atoms with van der Waals surface area (Å²) in [7, 11) is 3.01. The SMILES string of the molecule is Cn1c(=O)c2c(-c3ccc(F)cc3)n(-c3cccc(O)c3)cc2n(C)c1=O. The van der Waals surface area contributed by atoms with Crippen LogP contribution in [0.1, 0.15) is 0 Å². The van der Waals surface area contributed by atoms with Crippen LogP contribution in [0.15, 0.2) is 64.3 Å². The molecule has 4 aromatic rings. The van der Waals surface area contributed by atoms with E-state index in [1.54, 1.807) is 54.2 Å². The Morgan fingerprint density at radius 1 is 0.963 bits per heavy atom. The fourth-order valence-corrected chi connectivity index (χ4v) is 3.28. The average Bonchev–Trinajstić information content (AvgIpc) is 3.06.